The van der Waals surface area contributed by atoms with Crippen molar-refractivity contribution in [3.05, 3.63) is 63.8 Å². The van der Waals surface area contributed by atoms with Crippen LogP contribution in [0.15, 0.2) is 35.4 Å². The minimum atomic E-state index is -0.870. The lowest BCUT2D eigenvalue weighted by atomic mass is 9.61. The van der Waals surface area contributed by atoms with Crippen molar-refractivity contribution in [1.29, 1.82) is 0 Å². The summed E-state index contributed by atoms with van der Waals surface area (Å²) in [4.78, 5) is 32.0. The Morgan fingerprint density at radius 1 is 1.24 bits per heavy atom. The van der Waals surface area contributed by atoms with Crippen molar-refractivity contribution in [2.45, 2.75) is 25.2 Å². The van der Waals surface area contributed by atoms with Crippen molar-refractivity contribution in [3.8, 4) is 0 Å². The van der Waals surface area contributed by atoms with Crippen molar-refractivity contribution in [2.24, 2.45) is 5.41 Å². The molecule has 4 rings (SSSR count). The van der Waals surface area contributed by atoms with Crippen LogP contribution in [0.4, 0.5) is 8.78 Å². The van der Waals surface area contributed by atoms with Gasteiger partial charge in [0, 0.05) is 19.0 Å². The molecule has 2 aromatic rings. The number of amides is 1. The summed E-state index contributed by atoms with van der Waals surface area (Å²) in [5.41, 5.74) is 0.338. The third-order valence-electron chi connectivity index (χ3n) is 5.51. The van der Waals surface area contributed by atoms with Crippen LogP contribution in [0.1, 0.15) is 41.2 Å². The molecule has 1 aromatic heterocycles. The molecule has 1 amide bonds. The number of H-pyrrole nitrogens is 1. The minimum absolute atomic E-state index is 0.0382. The van der Waals surface area contributed by atoms with Gasteiger partial charge in [-0.15, -0.1) is 0 Å². The van der Waals surface area contributed by atoms with Crippen molar-refractivity contribution >= 4 is 5.91 Å². The minimum Gasteiger partial charge on any atom is -0.336 e. The van der Waals surface area contributed by atoms with Gasteiger partial charge in [0.15, 0.2) is 11.6 Å². The number of hydrogen-bond acceptors (Lipinski definition) is 3. The van der Waals surface area contributed by atoms with Gasteiger partial charge in [0.25, 0.3) is 11.5 Å². The highest BCUT2D eigenvalue weighted by Crippen LogP contribution is 2.55. The highest BCUT2D eigenvalue weighted by Gasteiger charge is 2.52. The van der Waals surface area contributed by atoms with E-state index in [0.29, 0.717) is 18.7 Å². The van der Waals surface area contributed by atoms with Gasteiger partial charge in [-0.25, -0.2) is 8.78 Å². The molecule has 7 heteroatoms. The number of rotatable bonds is 2. The zero-order chi connectivity index (χ0) is 17.6. The maximum atomic E-state index is 13.7. The van der Waals surface area contributed by atoms with Crippen molar-refractivity contribution in [3.63, 3.8) is 0 Å². The Labute approximate surface area is 142 Å². The largest absolute Gasteiger partial charge is 0.336 e. The van der Waals surface area contributed by atoms with Crippen LogP contribution in [-0.2, 0) is 0 Å². The molecule has 1 aromatic carbocycles. The van der Waals surface area contributed by atoms with Crippen LogP contribution in [0, 0.1) is 17.0 Å². The molecule has 0 bridgehead atoms. The molecule has 1 aliphatic carbocycles. The standard InChI is InChI=1S/C18H17F2N3O2/c19-13-3-2-11(6-14(13)20)12-9-23(10-18(12)4-1-5-18)17(25)15-7-21-8-16(24)22-15/h2-3,6-8,12H,1,4-5,9-10H2,(H,22,24)/t12-/m0/s1. The van der Waals surface area contributed by atoms with Crippen LogP contribution in [0.5, 0.6) is 0 Å². The molecule has 1 saturated heterocycles. The molecule has 0 unspecified atom stereocenters. The van der Waals surface area contributed by atoms with E-state index in [2.05, 4.69) is 9.97 Å². The number of aromatic amines is 1. The van der Waals surface area contributed by atoms with Gasteiger partial charge in [0.1, 0.15) is 5.69 Å². The first-order valence-corrected chi connectivity index (χ1v) is 8.27. The summed E-state index contributed by atoms with van der Waals surface area (Å²) < 4.78 is 26.9. The first kappa shape index (κ1) is 15.9. The Morgan fingerprint density at radius 3 is 2.68 bits per heavy atom. The molecule has 2 heterocycles. The smallest absolute Gasteiger partial charge is 0.272 e. The van der Waals surface area contributed by atoms with E-state index >= 15 is 0 Å². The van der Waals surface area contributed by atoms with Crippen LogP contribution >= 0.6 is 0 Å². The zero-order valence-electron chi connectivity index (χ0n) is 13.5. The highest BCUT2D eigenvalue weighted by molar-refractivity contribution is 5.92. The van der Waals surface area contributed by atoms with E-state index in [1.54, 1.807) is 11.0 Å². The number of benzene rings is 1. The van der Waals surface area contributed by atoms with E-state index in [-0.39, 0.29) is 22.9 Å². The maximum absolute atomic E-state index is 13.7. The second-order valence-corrected chi connectivity index (χ2v) is 6.94. The normalized spacial score (nSPS) is 21.4. The van der Waals surface area contributed by atoms with Gasteiger partial charge in [-0.3, -0.25) is 14.6 Å². The van der Waals surface area contributed by atoms with Crippen LogP contribution < -0.4 is 5.56 Å². The average Bonchev–Trinajstić information content (AvgIpc) is 2.98. The summed E-state index contributed by atoms with van der Waals surface area (Å²) in [5, 5.41) is 0. The fourth-order valence-corrected chi connectivity index (χ4v) is 4.10. The number of aromatic nitrogens is 2. The third-order valence-corrected chi connectivity index (χ3v) is 5.51. The van der Waals surface area contributed by atoms with Gasteiger partial charge >= 0.3 is 0 Å². The van der Waals surface area contributed by atoms with E-state index in [1.807, 2.05) is 0 Å². The number of hydrogen-bond donors (Lipinski definition) is 1. The van der Waals surface area contributed by atoms with Gasteiger partial charge in [-0.1, -0.05) is 12.5 Å². The summed E-state index contributed by atoms with van der Waals surface area (Å²) in [6.45, 7) is 0.966. The number of nitrogens with zero attached hydrogens (tertiary/aromatic N) is 2. The second-order valence-electron chi connectivity index (χ2n) is 6.94. The monoisotopic (exact) mass is 345 g/mol. The summed E-state index contributed by atoms with van der Waals surface area (Å²) in [6.07, 6.45) is 5.40. The lowest BCUT2D eigenvalue weighted by molar-refractivity contribution is 0.0719. The van der Waals surface area contributed by atoms with E-state index in [4.69, 9.17) is 0 Å². The molecule has 1 saturated carbocycles. The predicted molar refractivity (Wildman–Crippen MR) is 86.1 cm³/mol. The molecule has 130 valence electrons. The van der Waals surface area contributed by atoms with E-state index in [1.165, 1.54) is 12.3 Å². The third kappa shape index (κ3) is 2.63. The van der Waals surface area contributed by atoms with Gasteiger partial charge in [0.2, 0.25) is 0 Å². The van der Waals surface area contributed by atoms with Crippen molar-refractivity contribution in [2.75, 3.05) is 13.1 Å². The molecule has 1 atom stereocenters. The summed E-state index contributed by atoms with van der Waals surface area (Å²) in [7, 11) is 0. The van der Waals surface area contributed by atoms with Crippen molar-refractivity contribution in [1.82, 2.24) is 14.9 Å². The highest BCUT2D eigenvalue weighted by atomic mass is 19.2. The molecule has 1 aliphatic heterocycles. The average molecular weight is 345 g/mol. The quantitative estimate of drug-likeness (QED) is 0.909. The number of likely N-dealkylation sites (tertiary alicyclic amines) is 1. The first-order chi connectivity index (χ1) is 12.0. The second kappa shape index (κ2) is 5.75. The molecule has 0 radical (unpaired) electrons. The van der Waals surface area contributed by atoms with E-state index < -0.39 is 17.2 Å². The molecular formula is C18H17F2N3O2. The van der Waals surface area contributed by atoms with Crippen LogP contribution in [0.3, 0.4) is 0 Å². The molecule has 5 nitrogen and oxygen atoms in total. The van der Waals surface area contributed by atoms with Gasteiger partial charge in [-0.05, 0) is 36.0 Å². The Balaban J connectivity index is 1.64. The van der Waals surface area contributed by atoms with Crippen LogP contribution in [0.25, 0.3) is 0 Å². The molecule has 1 spiro atoms. The van der Waals surface area contributed by atoms with Gasteiger partial charge in [-0.2, -0.15) is 0 Å². The van der Waals surface area contributed by atoms with Crippen molar-refractivity contribution < 1.29 is 13.6 Å². The number of nitrogens with one attached hydrogen (secondary N) is 1. The predicted octanol–water partition coefficient (Wildman–Crippen LogP) is 2.46. The van der Waals surface area contributed by atoms with E-state index in [9.17, 15) is 18.4 Å². The zero-order valence-corrected chi connectivity index (χ0v) is 13.5. The van der Waals surface area contributed by atoms with Gasteiger partial charge in [0.05, 0.1) is 12.4 Å². The fraction of sp³-hybridized carbons (Fsp3) is 0.389. The Morgan fingerprint density at radius 2 is 2.04 bits per heavy atom. The summed E-state index contributed by atoms with van der Waals surface area (Å²) >= 11 is 0. The first-order valence-electron chi connectivity index (χ1n) is 8.27. The van der Waals surface area contributed by atoms with Gasteiger partial charge < -0.3 is 9.88 Å². The molecular weight excluding hydrogens is 328 g/mol. The van der Waals surface area contributed by atoms with Crippen LogP contribution in [-0.4, -0.2) is 33.9 Å². The fourth-order valence-electron chi connectivity index (χ4n) is 4.10. The molecule has 1 N–H and O–H groups in total. The topological polar surface area (TPSA) is 66.1 Å². The maximum Gasteiger partial charge on any atom is 0.272 e. The SMILES string of the molecule is O=C(c1cncc(=O)[nH]1)N1C[C@@H](c2ccc(F)c(F)c2)C2(CCC2)C1. The Bertz CT molecular complexity index is 892. The number of carbonyl (C=O) groups excluding carboxylic acids is 1. The van der Waals surface area contributed by atoms with E-state index in [0.717, 1.165) is 31.5 Å². The Hall–Kier alpha value is -2.57. The molecule has 25 heavy (non-hydrogen) atoms. The Kier molecular flexibility index (Phi) is 3.67. The number of halogens is 2. The lowest BCUT2D eigenvalue weighted by Crippen LogP contribution is -2.38. The summed E-state index contributed by atoms with van der Waals surface area (Å²) in [6, 6.07) is 3.98. The lowest BCUT2D eigenvalue weighted by Gasteiger charge is -2.43. The molecule has 2 fully saturated rings. The summed E-state index contributed by atoms with van der Waals surface area (Å²) in [5.74, 6) is -2.07. The molecule has 2 aliphatic rings. The number of carbonyl (C=O) groups is 1. The van der Waals surface area contributed by atoms with Crippen LogP contribution in [0.2, 0.25) is 0 Å².